The lowest BCUT2D eigenvalue weighted by Gasteiger charge is -2.20. The van der Waals surface area contributed by atoms with Crippen LogP contribution >= 0.6 is 0 Å². The number of amides is 1. The number of carbonyl (C=O) groups excluding carboxylic acids is 1. The molecule has 0 aliphatic rings. The Labute approximate surface area is 123 Å². The lowest BCUT2D eigenvalue weighted by molar-refractivity contribution is -0.137. The lowest BCUT2D eigenvalue weighted by Crippen LogP contribution is -2.35. The number of benzene rings is 1. The molecule has 0 bridgehead atoms. The summed E-state index contributed by atoms with van der Waals surface area (Å²) < 4.78 is 28.2. The Morgan fingerprint density at radius 1 is 1.33 bits per heavy atom. The number of methoxy groups -OCH3 is 1. The smallest absolute Gasteiger partial charge is 0.323 e. The summed E-state index contributed by atoms with van der Waals surface area (Å²) in [4.78, 5) is 24.2. The zero-order valence-corrected chi connectivity index (χ0v) is 12.8. The van der Waals surface area contributed by atoms with Gasteiger partial charge in [0.25, 0.3) is 5.91 Å². The van der Waals surface area contributed by atoms with E-state index in [2.05, 4.69) is 0 Å². The van der Waals surface area contributed by atoms with E-state index in [-0.39, 0.29) is 22.8 Å². The van der Waals surface area contributed by atoms with Gasteiger partial charge in [-0.3, -0.25) is 9.59 Å². The van der Waals surface area contributed by atoms with Crippen molar-refractivity contribution in [2.45, 2.75) is 11.8 Å². The second kappa shape index (κ2) is 6.57. The molecule has 1 rings (SSSR count). The molecule has 0 atom stereocenters. The molecular weight excluding hydrogens is 298 g/mol. The van der Waals surface area contributed by atoms with Crippen LogP contribution in [0.3, 0.4) is 0 Å². The Morgan fingerprint density at radius 3 is 2.38 bits per heavy atom. The maximum Gasteiger partial charge on any atom is 0.323 e. The number of nitrogens with zero attached hydrogens (tertiary/aromatic N) is 1. The molecule has 1 amide bonds. The zero-order valence-electron chi connectivity index (χ0n) is 12.0. The highest BCUT2D eigenvalue weighted by Crippen LogP contribution is 2.24. The summed E-state index contributed by atoms with van der Waals surface area (Å²) in [6, 6.07) is 3.90. The molecule has 7 nitrogen and oxygen atoms in total. The van der Waals surface area contributed by atoms with Gasteiger partial charge >= 0.3 is 5.97 Å². The monoisotopic (exact) mass is 315 g/mol. The predicted molar refractivity (Wildman–Crippen MR) is 75.3 cm³/mol. The molecule has 1 aromatic rings. The Kier molecular flexibility index (Phi) is 5.31. The van der Waals surface area contributed by atoms with Gasteiger partial charge in [-0.15, -0.1) is 0 Å². The fourth-order valence-corrected chi connectivity index (χ4v) is 2.39. The van der Waals surface area contributed by atoms with Crippen LogP contribution in [0, 0.1) is 0 Å². The van der Waals surface area contributed by atoms with Gasteiger partial charge in [-0.05, 0) is 25.1 Å². The molecule has 0 aromatic heterocycles. The summed E-state index contributed by atoms with van der Waals surface area (Å²) in [7, 11) is -2.13. The van der Waals surface area contributed by atoms with Crippen molar-refractivity contribution in [3.8, 4) is 5.75 Å². The van der Waals surface area contributed by atoms with Crippen LogP contribution in [0.2, 0.25) is 0 Å². The van der Waals surface area contributed by atoms with Crippen molar-refractivity contribution in [1.82, 2.24) is 4.90 Å². The first kappa shape index (κ1) is 17.0. The van der Waals surface area contributed by atoms with Crippen LogP contribution in [0.1, 0.15) is 17.3 Å². The van der Waals surface area contributed by atoms with Crippen LogP contribution < -0.4 is 4.74 Å². The predicted octanol–water partition coefficient (Wildman–Crippen LogP) is 0.645. The van der Waals surface area contributed by atoms with E-state index < -0.39 is 28.3 Å². The van der Waals surface area contributed by atoms with E-state index >= 15 is 0 Å². The summed E-state index contributed by atoms with van der Waals surface area (Å²) in [5, 5.41) is 8.80. The van der Waals surface area contributed by atoms with Gasteiger partial charge in [0.15, 0.2) is 9.84 Å². The number of carboxylic acids is 1. The molecule has 0 saturated heterocycles. The van der Waals surface area contributed by atoms with E-state index in [9.17, 15) is 18.0 Å². The maximum absolute atomic E-state index is 12.4. The first-order valence-electron chi connectivity index (χ1n) is 6.09. The second-order valence-electron chi connectivity index (χ2n) is 4.35. The molecule has 21 heavy (non-hydrogen) atoms. The van der Waals surface area contributed by atoms with Crippen LogP contribution in [0.4, 0.5) is 0 Å². The average Bonchev–Trinajstić information content (AvgIpc) is 2.42. The minimum Gasteiger partial charge on any atom is -0.496 e. The van der Waals surface area contributed by atoms with Crippen molar-refractivity contribution < 1.29 is 27.9 Å². The molecule has 0 radical (unpaired) electrons. The van der Waals surface area contributed by atoms with Gasteiger partial charge in [0, 0.05) is 12.8 Å². The second-order valence-corrected chi connectivity index (χ2v) is 6.36. The van der Waals surface area contributed by atoms with Crippen molar-refractivity contribution in [2.24, 2.45) is 0 Å². The Hall–Kier alpha value is -2.09. The summed E-state index contributed by atoms with van der Waals surface area (Å²) in [6.45, 7) is 1.34. The van der Waals surface area contributed by atoms with Crippen LogP contribution in [0.25, 0.3) is 0 Å². The highest BCUT2D eigenvalue weighted by atomic mass is 32.2. The van der Waals surface area contributed by atoms with Crippen molar-refractivity contribution in [3.63, 3.8) is 0 Å². The molecule has 1 aromatic carbocycles. The average molecular weight is 315 g/mol. The summed E-state index contributed by atoms with van der Waals surface area (Å²) >= 11 is 0. The molecule has 8 heteroatoms. The molecule has 0 unspecified atom stereocenters. The number of carbonyl (C=O) groups is 2. The number of rotatable bonds is 6. The molecule has 0 spiro atoms. The first-order valence-corrected chi connectivity index (χ1v) is 7.99. The minimum atomic E-state index is -3.48. The number of hydrogen-bond acceptors (Lipinski definition) is 5. The van der Waals surface area contributed by atoms with E-state index in [1.54, 1.807) is 6.92 Å². The number of sulfone groups is 1. The number of likely N-dealkylation sites (N-methyl/N-ethyl adjacent to an activating group) is 1. The van der Waals surface area contributed by atoms with Gasteiger partial charge in [0.2, 0.25) is 0 Å². The van der Waals surface area contributed by atoms with E-state index in [1.165, 1.54) is 25.3 Å². The quantitative estimate of drug-likeness (QED) is 0.827. The molecular formula is C13H17NO6S. The van der Waals surface area contributed by atoms with E-state index in [4.69, 9.17) is 9.84 Å². The lowest BCUT2D eigenvalue weighted by atomic mass is 10.1. The molecule has 0 saturated carbocycles. The van der Waals surface area contributed by atoms with Crippen LogP contribution in [-0.2, 0) is 14.6 Å². The number of ether oxygens (including phenoxy) is 1. The largest absolute Gasteiger partial charge is 0.496 e. The van der Waals surface area contributed by atoms with Crippen LogP contribution in [-0.4, -0.2) is 56.8 Å². The van der Waals surface area contributed by atoms with E-state index in [0.717, 1.165) is 11.2 Å². The van der Waals surface area contributed by atoms with Gasteiger partial charge in [0.1, 0.15) is 12.3 Å². The molecule has 0 fully saturated rings. The number of carboxylic acid groups (broad SMARTS) is 1. The van der Waals surface area contributed by atoms with Crippen molar-refractivity contribution in [1.29, 1.82) is 0 Å². The SMILES string of the molecule is CCN(CC(=O)O)C(=O)c1cc(S(C)(=O)=O)ccc1OC. The van der Waals surface area contributed by atoms with Gasteiger partial charge < -0.3 is 14.7 Å². The molecule has 0 aliphatic heterocycles. The fourth-order valence-electron chi connectivity index (χ4n) is 1.75. The van der Waals surface area contributed by atoms with Crippen LogP contribution in [0.15, 0.2) is 23.1 Å². The summed E-state index contributed by atoms with van der Waals surface area (Å²) in [5.41, 5.74) is 0.0172. The van der Waals surface area contributed by atoms with Crippen molar-refractivity contribution >= 4 is 21.7 Å². The standard InChI is InChI=1S/C13H17NO6S/c1-4-14(8-12(15)16)13(17)10-7-9(21(3,18)19)5-6-11(10)20-2/h5-7H,4,8H2,1-3H3,(H,15,16). The molecule has 0 aliphatic carbocycles. The molecule has 1 N–H and O–H groups in total. The minimum absolute atomic E-state index is 0.0172. The van der Waals surface area contributed by atoms with Crippen molar-refractivity contribution in [2.75, 3.05) is 26.5 Å². The van der Waals surface area contributed by atoms with Gasteiger partial charge in [-0.2, -0.15) is 0 Å². The number of aliphatic carboxylic acids is 1. The highest BCUT2D eigenvalue weighted by Gasteiger charge is 2.22. The molecule has 0 heterocycles. The van der Waals surface area contributed by atoms with Gasteiger partial charge in [-0.25, -0.2) is 8.42 Å². The summed E-state index contributed by atoms with van der Waals surface area (Å²) in [5.74, 6) is -1.55. The van der Waals surface area contributed by atoms with Gasteiger partial charge in [0.05, 0.1) is 17.6 Å². The Balaban J connectivity index is 3.31. The fraction of sp³-hybridized carbons (Fsp3) is 0.385. The Morgan fingerprint density at radius 2 is 1.95 bits per heavy atom. The normalized spacial score (nSPS) is 11.0. The van der Waals surface area contributed by atoms with Crippen LogP contribution in [0.5, 0.6) is 5.75 Å². The summed E-state index contributed by atoms with van der Waals surface area (Å²) in [6.07, 6.45) is 1.03. The van der Waals surface area contributed by atoms with Crippen molar-refractivity contribution in [3.05, 3.63) is 23.8 Å². The first-order chi connectivity index (χ1) is 9.70. The highest BCUT2D eigenvalue weighted by molar-refractivity contribution is 7.90. The zero-order chi connectivity index (χ0) is 16.2. The van der Waals surface area contributed by atoms with E-state index in [0.29, 0.717) is 0 Å². The van der Waals surface area contributed by atoms with E-state index in [1.807, 2.05) is 0 Å². The third kappa shape index (κ3) is 4.19. The topological polar surface area (TPSA) is 101 Å². The third-order valence-electron chi connectivity index (χ3n) is 2.82. The van der Waals surface area contributed by atoms with Gasteiger partial charge in [-0.1, -0.05) is 0 Å². The third-order valence-corrected chi connectivity index (χ3v) is 3.93. The Bertz CT molecular complexity index is 653. The molecule has 116 valence electrons. The maximum atomic E-state index is 12.4. The number of hydrogen-bond donors (Lipinski definition) is 1.